The second-order valence-electron chi connectivity index (χ2n) is 6.44. The summed E-state index contributed by atoms with van der Waals surface area (Å²) in [5.41, 5.74) is 3.83. The van der Waals surface area contributed by atoms with Gasteiger partial charge in [0.05, 0.1) is 0 Å². The van der Waals surface area contributed by atoms with Crippen LogP contribution in [0.25, 0.3) is 0 Å². The molecule has 2 aromatic carbocycles. The zero-order valence-electron chi connectivity index (χ0n) is 15.2. The number of ether oxygens (including phenoxy) is 2. The summed E-state index contributed by atoms with van der Waals surface area (Å²) in [5, 5.41) is 2.19. The van der Waals surface area contributed by atoms with E-state index in [4.69, 9.17) is 9.47 Å². The Morgan fingerprint density at radius 2 is 1.85 bits per heavy atom. The monoisotopic (exact) mass is 373 g/mol. The summed E-state index contributed by atoms with van der Waals surface area (Å²) in [6, 6.07) is 11.3. The van der Waals surface area contributed by atoms with Gasteiger partial charge in [0, 0.05) is 28.3 Å². The molecule has 2 aromatic rings. The number of hydrogen-bond donors (Lipinski definition) is 1. The summed E-state index contributed by atoms with van der Waals surface area (Å²) in [6.45, 7) is 6.69. The molecule has 0 aromatic heterocycles. The standard InChI is InChI=1S/C20H23NO4S/c1-13-4-5-14(2)16(10-13)12-26(23)15(3)20(22)21-17-6-7-18-19(11-17)25-9-8-24-18/h4-7,10-11,15H,8-9,12H2,1-3H3,(H,21,22)/t15-,26-/m0/s1. The van der Waals surface area contributed by atoms with Crippen molar-refractivity contribution in [1.82, 2.24) is 0 Å². The molecule has 26 heavy (non-hydrogen) atoms. The zero-order valence-corrected chi connectivity index (χ0v) is 16.0. The number of nitrogens with one attached hydrogen (secondary N) is 1. The van der Waals surface area contributed by atoms with Gasteiger partial charge in [-0.05, 0) is 44.0 Å². The summed E-state index contributed by atoms with van der Waals surface area (Å²) in [7, 11) is -1.31. The number of anilines is 1. The second kappa shape index (κ2) is 7.91. The van der Waals surface area contributed by atoms with Crippen molar-refractivity contribution in [3.05, 3.63) is 53.1 Å². The molecule has 0 radical (unpaired) electrons. The van der Waals surface area contributed by atoms with Gasteiger partial charge >= 0.3 is 0 Å². The number of carbonyl (C=O) groups excluding carboxylic acids is 1. The molecule has 3 rings (SSSR count). The van der Waals surface area contributed by atoms with E-state index >= 15 is 0 Å². The van der Waals surface area contributed by atoms with E-state index in [9.17, 15) is 9.00 Å². The first-order valence-electron chi connectivity index (χ1n) is 8.58. The number of hydrogen-bond acceptors (Lipinski definition) is 4. The Morgan fingerprint density at radius 1 is 1.12 bits per heavy atom. The van der Waals surface area contributed by atoms with Crippen LogP contribution >= 0.6 is 0 Å². The Morgan fingerprint density at radius 3 is 2.62 bits per heavy atom. The SMILES string of the molecule is Cc1ccc(C)c(C[S@](=O)[C@@H](C)C(=O)Nc2ccc3c(c2)OCCO3)c1. The quantitative estimate of drug-likeness (QED) is 0.873. The minimum atomic E-state index is -1.31. The predicted octanol–water partition coefficient (Wildman–Crippen LogP) is 3.35. The van der Waals surface area contributed by atoms with Crippen molar-refractivity contribution >= 4 is 22.4 Å². The smallest absolute Gasteiger partial charge is 0.239 e. The Hall–Kier alpha value is -2.34. The summed E-state index contributed by atoms with van der Waals surface area (Å²) in [4.78, 5) is 12.5. The van der Waals surface area contributed by atoms with Gasteiger partial charge in [-0.1, -0.05) is 23.8 Å². The molecule has 1 N–H and O–H groups in total. The van der Waals surface area contributed by atoms with E-state index in [1.807, 2.05) is 32.0 Å². The van der Waals surface area contributed by atoms with Gasteiger partial charge in [0.15, 0.2) is 11.5 Å². The lowest BCUT2D eigenvalue weighted by molar-refractivity contribution is -0.115. The lowest BCUT2D eigenvalue weighted by atomic mass is 10.1. The van der Waals surface area contributed by atoms with Crippen LogP contribution < -0.4 is 14.8 Å². The minimum absolute atomic E-state index is 0.273. The Balaban J connectivity index is 1.65. The summed E-state index contributed by atoms with van der Waals surface area (Å²) in [6.07, 6.45) is 0. The molecule has 0 bridgehead atoms. The maximum absolute atomic E-state index is 12.6. The topological polar surface area (TPSA) is 64.6 Å². The number of fused-ring (bicyclic) bond motifs is 1. The fourth-order valence-corrected chi connectivity index (χ4v) is 3.88. The van der Waals surface area contributed by atoms with Gasteiger partial charge in [-0.2, -0.15) is 0 Å². The number of benzene rings is 2. The van der Waals surface area contributed by atoms with Crippen LogP contribution in [-0.2, 0) is 21.3 Å². The normalized spacial score (nSPS) is 15.2. The van der Waals surface area contributed by atoms with Crippen LogP contribution in [0, 0.1) is 13.8 Å². The Labute approximate surface area is 156 Å². The number of carbonyl (C=O) groups is 1. The van der Waals surface area contributed by atoms with Crippen molar-refractivity contribution in [3.8, 4) is 11.5 Å². The zero-order chi connectivity index (χ0) is 18.7. The van der Waals surface area contributed by atoms with Crippen molar-refractivity contribution in [1.29, 1.82) is 0 Å². The molecular formula is C20H23NO4S. The van der Waals surface area contributed by atoms with E-state index in [-0.39, 0.29) is 5.91 Å². The Kier molecular flexibility index (Phi) is 5.61. The molecule has 1 aliphatic rings. The molecule has 0 spiro atoms. The third-order valence-electron chi connectivity index (χ3n) is 4.38. The van der Waals surface area contributed by atoms with Crippen molar-refractivity contribution in [3.63, 3.8) is 0 Å². The van der Waals surface area contributed by atoms with E-state index in [1.165, 1.54) is 0 Å². The molecule has 1 amide bonds. The van der Waals surface area contributed by atoms with Gasteiger partial charge in [-0.15, -0.1) is 0 Å². The Bertz CT molecular complexity index is 850. The lowest BCUT2D eigenvalue weighted by Crippen LogP contribution is -2.30. The fraction of sp³-hybridized carbons (Fsp3) is 0.350. The number of rotatable bonds is 5. The van der Waals surface area contributed by atoms with Crippen LogP contribution in [0.4, 0.5) is 5.69 Å². The molecule has 6 heteroatoms. The van der Waals surface area contributed by atoms with E-state index in [1.54, 1.807) is 25.1 Å². The molecule has 0 saturated carbocycles. The molecule has 0 aliphatic carbocycles. The first-order chi connectivity index (χ1) is 12.4. The highest BCUT2D eigenvalue weighted by Crippen LogP contribution is 2.32. The van der Waals surface area contributed by atoms with Crippen LogP contribution in [0.3, 0.4) is 0 Å². The van der Waals surface area contributed by atoms with Crippen LogP contribution in [0.2, 0.25) is 0 Å². The fourth-order valence-electron chi connectivity index (χ4n) is 2.72. The van der Waals surface area contributed by atoms with E-state index < -0.39 is 16.0 Å². The summed E-state index contributed by atoms with van der Waals surface area (Å²) in [5.74, 6) is 1.37. The summed E-state index contributed by atoms with van der Waals surface area (Å²) < 4.78 is 23.6. The minimum Gasteiger partial charge on any atom is -0.486 e. The van der Waals surface area contributed by atoms with Crippen LogP contribution in [0.5, 0.6) is 11.5 Å². The first-order valence-corrected chi connectivity index (χ1v) is 9.96. The van der Waals surface area contributed by atoms with Crippen molar-refractivity contribution in [2.75, 3.05) is 18.5 Å². The van der Waals surface area contributed by atoms with Crippen LogP contribution in [-0.4, -0.2) is 28.6 Å². The van der Waals surface area contributed by atoms with E-state index in [2.05, 4.69) is 5.32 Å². The van der Waals surface area contributed by atoms with Gasteiger partial charge in [-0.25, -0.2) is 0 Å². The molecule has 138 valence electrons. The van der Waals surface area contributed by atoms with E-state index in [0.717, 1.165) is 16.7 Å². The molecule has 1 aliphatic heterocycles. The van der Waals surface area contributed by atoms with Crippen LogP contribution in [0.1, 0.15) is 23.6 Å². The molecule has 0 saturated heterocycles. The lowest BCUT2D eigenvalue weighted by Gasteiger charge is -2.19. The molecule has 0 unspecified atom stereocenters. The third kappa shape index (κ3) is 4.25. The van der Waals surface area contributed by atoms with Gasteiger partial charge in [0.25, 0.3) is 0 Å². The first kappa shape index (κ1) is 18.5. The molecular weight excluding hydrogens is 350 g/mol. The number of amides is 1. The van der Waals surface area contributed by atoms with Gasteiger partial charge in [0.1, 0.15) is 18.5 Å². The van der Waals surface area contributed by atoms with Gasteiger partial charge in [-0.3, -0.25) is 9.00 Å². The van der Waals surface area contributed by atoms with Crippen molar-refractivity contribution < 1.29 is 18.5 Å². The van der Waals surface area contributed by atoms with Crippen molar-refractivity contribution in [2.24, 2.45) is 0 Å². The largest absolute Gasteiger partial charge is 0.486 e. The second-order valence-corrected chi connectivity index (χ2v) is 8.20. The summed E-state index contributed by atoms with van der Waals surface area (Å²) >= 11 is 0. The van der Waals surface area contributed by atoms with Crippen molar-refractivity contribution in [2.45, 2.75) is 31.8 Å². The maximum atomic E-state index is 12.6. The molecule has 2 atom stereocenters. The average Bonchev–Trinajstić information content (AvgIpc) is 2.64. The predicted molar refractivity (Wildman–Crippen MR) is 103 cm³/mol. The highest BCUT2D eigenvalue weighted by Gasteiger charge is 2.22. The number of aryl methyl sites for hydroxylation is 2. The highest BCUT2D eigenvalue weighted by molar-refractivity contribution is 7.85. The highest BCUT2D eigenvalue weighted by atomic mass is 32.2. The molecule has 5 nitrogen and oxygen atoms in total. The van der Waals surface area contributed by atoms with E-state index in [0.29, 0.717) is 36.2 Å². The average molecular weight is 373 g/mol. The van der Waals surface area contributed by atoms with Gasteiger partial charge in [0.2, 0.25) is 5.91 Å². The van der Waals surface area contributed by atoms with Gasteiger partial charge < -0.3 is 14.8 Å². The third-order valence-corrected chi connectivity index (χ3v) is 5.97. The molecule has 0 fully saturated rings. The maximum Gasteiger partial charge on any atom is 0.239 e. The van der Waals surface area contributed by atoms with Crippen LogP contribution in [0.15, 0.2) is 36.4 Å². The molecule has 1 heterocycles.